The molecule has 0 fully saturated rings. The summed E-state index contributed by atoms with van der Waals surface area (Å²) in [6.07, 6.45) is 0. The van der Waals surface area contributed by atoms with Gasteiger partial charge in [-0.25, -0.2) is 9.78 Å². The second kappa shape index (κ2) is 3.51. The summed E-state index contributed by atoms with van der Waals surface area (Å²) in [5.74, 6) is -0.611. The van der Waals surface area contributed by atoms with Gasteiger partial charge in [-0.2, -0.15) is 0 Å². The normalized spacial score (nSPS) is 10.5. The monoisotopic (exact) mass is 223 g/mol. The molecule has 0 atom stereocenters. The van der Waals surface area contributed by atoms with Crippen LogP contribution in [-0.4, -0.2) is 23.2 Å². The number of methoxy groups -OCH3 is 1. The van der Waals surface area contributed by atoms with Crippen molar-refractivity contribution in [3.8, 4) is 5.75 Å². The Balaban J connectivity index is 2.83. The summed E-state index contributed by atoms with van der Waals surface area (Å²) in [7, 11) is 1.46. The Morgan fingerprint density at radius 3 is 2.87 bits per heavy atom. The summed E-state index contributed by atoms with van der Waals surface area (Å²) in [6.45, 7) is 1.85. The lowest BCUT2D eigenvalue weighted by Crippen LogP contribution is -2.00. The number of rotatable bonds is 2. The van der Waals surface area contributed by atoms with E-state index in [4.69, 9.17) is 9.84 Å². The van der Waals surface area contributed by atoms with Gasteiger partial charge in [0.15, 0.2) is 0 Å². The Bertz CT molecular complexity index is 533. The fourth-order valence-corrected chi connectivity index (χ4v) is 2.41. The third-order valence-electron chi connectivity index (χ3n) is 2.06. The van der Waals surface area contributed by atoms with E-state index in [-0.39, 0.29) is 5.56 Å². The lowest BCUT2D eigenvalue weighted by molar-refractivity contribution is 0.0696. The average molecular weight is 223 g/mol. The van der Waals surface area contributed by atoms with Crippen LogP contribution in [0.2, 0.25) is 0 Å². The van der Waals surface area contributed by atoms with Gasteiger partial charge in [-0.15, -0.1) is 11.3 Å². The molecule has 1 heterocycles. The fourth-order valence-electron chi connectivity index (χ4n) is 1.46. The molecule has 1 aromatic carbocycles. The van der Waals surface area contributed by atoms with Crippen molar-refractivity contribution in [3.63, 3.8) is 0 Å². The number of hydrogen-bond acceptors (Lipinski definition) is 4. The van der Waals surface area contributed by atoms with Gasteiger partial charge in [-0.05, 0) is 19.1 Å². The molecule has 2 rings (SSSR count). The van der Waals surface area contributed by atoms with Crippen molar-refractivity contribution in [2.75, 3.05) is 7.11 Å². The van der Waals surface area contributed by atoms with E-state index in [0.717, 1.165) is 5.01 Å². The zero-order chi connectivity index (χ0) is 11.0. The van der Waals surface area contributed by atoms with E-state index in [1.807, 2.05) is 6.92 Å². The molecule has 1 N–H and O–H groups in total. The van der Waals surface area contributed by atoms with Crippen LogP contribution in [0.5, 0.6) is 5.75 Å². The highest BCUT2D eigenvalue weighted by Gasteiger charge is 2.17. The van der Waals surface area contributed by atoms with Crippen LogP contribution in [0.25, 0.3) is 10.2 Å². The number of aromatic nitrogens is 1. The number of carbonyl (C=O) groups is 1. The number of carboxylic acids is 1. The van der Waals surface area contributed by atoms with Crippen molar-refractivity contribution in [1.29, 1.82) is 0 Å². The van der Waals surface area contributed by atoms with Gasteiger partial charge < -0.3 is 9.84 Å². The first-order chi connectivity index (χ1) is 7.13. The van der Waals surface area contributed by atoms with Gasteiger partial charge in [0.1, 0.15) is 11.3 Å². The van der Waals surface area contributed by atoms with Crippen LogP contribution in [0.4, 0.5) is 0 Å². The van der Waals surface area contributed by atoms with E-state index in [1.165, 1.54) is 18.4 Å². The largest absolute Gasteiger partial charge is 0.496 e. The number of thiazole rings is 1. The molecule has 4 nitrogen and oxygen atoms in total. The number of fused-ring (bicyclic) bond motifs is 1. The highest BCUT2D eigenvalue weighted by atomic mass is 32.1. The Hall–Kier alpha value is -1.62. The Morgan fingerprint density at radius 1 is 1.53 bits per heavy atom. The molecule has 0 aliphatic heterocycles. The SMILES string of the molecule is COc1ccc2nc(C)sc2c1C(=O)O. The van der Waals surface area contributed by atoms with Gasteiger partial charge in [0, 0.05) is 0 Å². The van der Waals surface area contributed by atoms with Crippen molar-refractivity contribution in [1.82, 2.24) is 4.98 Å². The van der Waals surface area contributed by atoms with Crippen LogP contribution >= 0.6 is 11.3 Å². The molecular formula is C10H9NO3S. The quantitative estimate of drug-likeness (QED) is 0.848. The van der Waals surface area contributed by atoms with Crippen LogP contribution in [0.3, 0.4) is 0 Å². The molecule has 2 aromatic rings. The van der Waals surface area contributed by atoms with E-state index >= 15 is 0 Å². The van der Waals surface area contributed by atoms with Gasteiger partial charge in [-0.3, -0.25) is 0 Å². The molecular weight excluding hydrogens is 214 g/mol. The number of aryl methyl sites for hydroxylation is 1. The summed E-state index contributed by atoms with van der Waals surface area (Å²) in [6, 6.07) is 3.40. The number of nitrogens with zero attached hydrogens (tertiary/aromatic N) is 1. The lowest BCUT2D eigenvalue weighted by atomic mass is 10.2. The lowest BCUT2D eigenvalue weighted by Gasteiger charge is -2.04. The first-order valence-corrected chi connectivity index (χ1v) is 5.12. The maximum Gasteiger partial charge on any atom is 0.341 e. The molecule has 15 heavy (non-hydrogen) atoms. The minimum Gasteiger partial charge on any atom is -0.496 e. The van der Waals surface area contributed by atoms with Crippen LogP contribution in [0.15, 0.2) is 12.1 Å². The third-order valence-corrected chi connectivity index (χ3v) is 3.06. The molecule has 0 amide bonds. The Morgan fingerprint density at radius 2 is 2.27 bits per heavy atom. The third kappa shape index (κ3) is 1.55. The number of hydrogen-bond donors (Lipinski definition) is 1. The summed E-state index contributed by atoms with van der Waals surface area (Å²) < 4.78 is 5.69. The van der Waals surface area contributed by atoms with Crippen molar-refractivity contribution < 1.29 is 14.6 Å². The van der Waals surface area contributed by atoms with Gasteiger partial charge >= 0.3 is 5.97 Å². The summed E-state index contributed by atoms with van der Waals surface area (Å²) in [5.41, 5.74) is 0.899. The van der Waals surface area contributed by atoms with Crippen LogP contribution in [0.1, 0.15) is 15.4 Å². The molecule has 0 spiro atoms. The number of carboxylic acid groups (broad SMARTS) is 1. The average Bonchev–Trinajstić information content (AvgIpc) is 2.55. The highest BCUT2D eigenvalue weighted by Crippen LogP contribution is 2.31. The smallest absolute Gasteiger partial charge is 0.341 e. The van der Waals surface area contributed by atoms with Gasteiger partial charge in [-0.1, -0.05) is 0 Å². The van der Waals surface area contributed by atoms with Crippen molar-refractivity contribution >= 4 is 27.5 Å². The van der Waals surface area contributed by atoms with E-state index in [2.05, 4.69) is 4.98 Å². The second-order valence-corrected chi connectivity index (χ2v) is 4.23. The zero-order valence-electron chi connectivity index (χ0n) is 8.27. The molecule has 0 aliphatic carbocycles. The van der Waals surface area contributed by atoms with E-state index < -0.39 is 5.97 Å². The van der Waals surface area contributed by atoms with E-state index in [9.17, 15) is 4.79 Å². The molecule has 0 bridgehead atoms. The maximum atomic E-state index is 11.1. The molecule has 0 saturated carbocycles. The van der Waals surface area contributed by atoms with Gasteiger partial charge in [0.25, 0.3) is 0 Å². The zero-order valence-corrected chi connectivity index (χ0v) is 9.09. The van der Waals surface area contributed by atoms with Crippen molar-refractivity contribution in [2.24, 2.45) is 0 Å². The Kier molecular flexibility index (Phi) is 2.32. The molecule has 0 unspecified atom stereocenters. The van der Waals surface area contributed by atoms with E-state index in [0.29, 0.717) is 16.0 Å². The number of ether oxygens (including phenoxy) is 1. The first-order valence-electron chi connectivity index (χ1n) is 4.31. The standard InChI is InChI=1S/C10H9NO3S/c1-5-11-6-3-4-7(14-2)8(10(12)13)9(6)15-5/h3-4H,1-2H3,(H,12,13). The summed E-state index contributed by atoms with van der Waals surface area (Å²) in [5, 5.41) is 9.95. The molecule has 78 valence electrons. The molecule has 0 radical (unpaired) electrons. The molecule has 0 saturated heterocycles. The van der Waals surface area contributed by atoms with Gasteiger partial charge in [0.2, 0.25) is 0 Å². The second-order valence-electron chi connectivity index (χ2n) is 3.03. The molecule has 5 heteroatoms. The van der Waals surface area contributed by atoms with Crippen molar-refractivity contribution in [2.45, 2.75) is 6.92 Å². The predicted molar refractivity (Wildman–Crippen MR) is 57.9 cm³/mol. The molecule has 1 aromatic heterocycles. The minimum atomic E-state index is -0.985. The summed E-state index contributed by atoms with van der Waals surface area (Å²) in [4.78, 5) is 15.3. The van der Waals surface area contributed by atoms with Crippen LogP contribution < -0.4 is 4.74 Å². The maximum absolute atomic E-state index is 11.1. The van der Waals surface area contributed by atoms with Crippen LogP contribution in [-0.2, 0) is 0 Å². The number of benzene rings is 1. The first kappa shape index (κ1) is 9.92. The van der Waals surface area contributed by atoms with E-state index in [1.54, 1.807) is 12.1 Å². The van der Waals surface area contributed by atoms with Gasteiger partial charge in [0.05, 0.1) is 22.3 Å². The van der Waals surface area contributed by atoms with Crippen molar-refractivity contribution in [3.05, 3.63) is 22.7 Å². The predicted octanol–water partition coefficient (Wildman–Crippen LogP) is 2.31. The van der Waals surface area contributed by atoms with Crippen LogP contribution in [0, 0.1) is 6.92 Å². The summed E-state index contributed by atoms with van der Waals surface area (Å²) >= 11 is 1.36. The minimum absolute atomic E-state index is 0.195. The Labute approximate surface area is 90.1 Å². The fraction of sp³-hybridized carbons (Fsp3) is 0.200. The highest BCUT2D eigenvalue weighted by molar-refractivity contribution is 7.19. The number of aromatic carboxylic acids is 1. The molecule has 0 aliphatic rings. The topological polar surface area (TPSA) is 59.4 Å².